The highest BCUT2D eigenvalue weighted by atomic mass is 16.5. The molecule has 15 saturated carbocycles. The molecule has 0 amide bonds. The van der Waals surface area contributed by atoms with Gasteiger partial charge in [0.15, 0.2) is 17.3 Å². The van der Waals surface area contributed by atoms with Crippen LogP contribution in [0.15, 0.2) is 36.5 Å². The highest BCUT2D eigenvalue weighted by Gasteiger charge is 2.69. The molecule has 0 radical (unpaired) electrons. The Morgan fingerprint density at radius 2 is 0.772 bits per heavy atom. The van der Waals surface area contributed by atoms with Crippen LogP contribution in [0, 0.1) is 54.1 Å². The molecule has 15 aliphatic carbocycles. The Morgan fingerprint density at radius 1 is 0.474 bits per heavy atom. The molecule has 15 aliphatic rings. The summed E-state index contributed by atoms with van der Waals surface area (Å²) in [5.41, 5.74) is 3.88. The lowest BCUT2D eigenvalue weighted by molar-refractivity contribution is -0.228. The Labute approximate surface area is 342 Å². The zero-order chi connectivity index (χ0) is 40.9. The molecule has 0 spiro atoms. The number of allylic oxidation sites excluding steroid dienone is 6. The summed E-state index contributed by atoms with van der Waals surface area (Å²) < 4.78 is 4.79. The van der Waals surface area contributed by atoms with Crippen molar-refractivity contribution in [2.45, 2.75) is 165 Å². The molecule has 15 rings (SSSR count). The molecule has 316 valence electrons. The van der Waals surface area contributed by atoms with Crippen LogP contribution >= 0.6 is 0 Å². The number of carbonyl (C=O) groups is 6. The molecule has 8 heteroatoms. The standard InChI is InChI=1S/C11H16O.C10H14O2.C10H12O2.C9H14O2.C8H12O.CH4/c1-3-10-6-11(7-10,8-10)5-4-9(2)12;2*1-8(12)2-3-9-4-10(5-9,6-9)7-11;1-2-8-3-9(4-8,5-8)6-11-7-10;1-2-7-3-8(4-7,5-7)6-9;/h4-5H,3,6-8H2,1-2H3;2-3,11H,4-7H2,1H3;2-3,7H,4-6H2,1H3;7H,2-6H2,1H3;6H,2-5H2,1H3;1H4/b5-4+;2*3-2+;;;. The van der Waals surface area contributed by atoms with Crippen molar-refractivity contribution < 1.29 is 38.6 Å². The molecule has 0 saturated heterocycles. The summed E-state index contributed by atoms with van der Waals surface area (Å²) in [5, 5.41) is 8.98. The third kappa shape index (κ3) is 8.41. The van der Waals surface area contributed by atoms with Crippen LogP contribution in [0.1, 0.15) is 165 Å². The molecule has 0 unspecified atom stereocenters. The lowest BCUT2D eigenvalue weighted by Crippen LogP contribution is -2.63. The van der Waals surface area contributed by atoms with Gasteiger partial charge in [0, 0.05) is 22.9 Å². The summed E-state index contributed by atoms with van der Waals surface area (Å²) in [5.74, 6) is 0.405. The van der Waals surface area contributed by atoms with E-state index in [1.165, 1.54) is 83.3 Å². The number of ketones is 3. The summed E-state index contributed by atoms with van der Waals surface area (Å²) in [6.07, 6.45) is 35.0. The van der Waals surface area contributed by atoms with Crippen molar-refractivity contribution in [2.75, 3.05) is 13.2 Å². The topological polar surface area (TPSA) is 132 Å². The van der Waals surface area contributed by atoms with Crippen LogP contribution in [-0.2, 0) is 33.5 Å². The van der Waals surface area contributed by atoms with E-state index >= 15 is 0 Å². The number of carbonyl (C=O) groups excluding carboxylic acids is 6. The summed E-state index contributed by atoms with van der Waals surface area (Å²) in [6.45, 7) is 13.1. The quantitative estimate of drug-likeness (QED) is 0.128. The number of hydrogen-bond donors (Lipinski definition) is 1. The van der Waals surface area contributed by atoms with E-state index in [1.807, 2.05) is 12.2 Å². The van der Waals surface area contributed by atoms with Gasteiger partial charge >= 0.3 is 0 Å². The van der Waals surface area contributed by atoms with Crippen LogP contribution in [0.2, 0.25) is 0 Å². The fraction of sp³-hybridized carbons (Fsp3) is 0.755. The van der Waals surface area contributed by atoms with Gasteiger partial charge in [-0.25, -0.2) is 0 Å². The number of rotatable bonds is 15. The maximum atomic E-state index is 10.7. The van der Waals surface area contributed by atoms with Crippen LogP contribution in [0.4, 0.5) is 0 Å². The predicted molar refractivity (Wildman–Crippen MR) is 222 cm³/mol. The van der Waals surface area contributed by atoms with E-state index < -0.39 is 0 Å². The predicted octanol–water partition coefficient (Wildman–Crippen LogP) is 9.65. The number of aliphatic hydroxyl groups excluding tert-OH is 1. The minimum atomic E-state index is 0. The Bertz CT molecular complexity index is 1540. The third-order valence-electron chi connectivity index (χ3n) is 16.5. The Balaban J connectivity index is 0.000000136. The van der Waals surface area contributed by atoms with E-state index in [1.54, 1.807) is 39.0 Å². The first-order chi connectivity index (χ1) is 26.3. The van der Waals surface area contributed by atoms with Crippen molar-refractivity contribution in [3.05, 3.63) is 36.5 Å². The van der Waals surface area contributed by atoms with E-state index in [4.69, 9.17) is 9.84 Å². The molecule has 0 atom stereocenters. The molecule has 10 bridgehead atoms. The smallest absolute Gasteiger partial charge is 0.293 e. The monoisotopic (exact) mass is 789 g/mol. The van der Waals surface area contributed by atoms with Gasteiger partial charge in [0.2, 0.25) is 0 Å². The zero-order valence-corrected chi connectivity index (χ0v) is 35.1. The summed E-state index contributed by atoms with van der Waals surface area (Å²) >= 11 is 0. The minimum absolute atomic E-state index is 0. The molecule has 0 aromatic rings. The highest BCUT2D eigenvalue weighted by molar-refractivity contribution is 5.88. The van der Waals surface area contributed by atoms with E-state index in [-0.39, 0.29) is 46.4 Å². The van der Waals surface area contributed by atoms with E-state index in [2.05, 4.69) is 26.8 Å². The Kier molecular flexibility index (Phi) is 12.3. The first-order valence-corrected chi connectivity index (χ1v) is 21.5. The van der Waals surface area contributed by atoms with Gasteiger partial charge in [-0.2, -0.15) is 0 Å². The second-order valence-electron chi connectivity index (χ2n) is 21.7. The van der Waals surface area contributed by atoms with E-state index in [9.17, 15) is 28.8 Å². The summed E-state index contributed by atoms with van der Waals surface area (Å²) in [6, 6.07) is 0. The first kappa shape index (κ1) is 45.1. The van der Waals surface area contributed by atoms with E-state index in [0.717, 1.165) is 44.8 Å². The average Bonchev–Trinajstić information content (AvgIpc) is 2.97. The molecule has 15 fully saturated rings. The molecule has 0 aliphatic heterocycles. The summed E-state index contributed by atoms with van der Waals surface area (Å²) in [7, 11) is 0. The average molecular weight is 789 g/mol. The fourth-order valence-electron chi connectivity index (χ4n) is 13.8. The van der Waals surface area contributed by atoms with Crippen LogP contribution in [0.25, 0.3) is 0 Å². The lowest BCUT2D eigenvalue weighted by Gasteiger charge is -2.70. The summed E-state index contributed by atoms with van der Waals surface area (Å²) in [4.78, 5) is 62.9. The van der Waals surface area contributed by atoms with Gasteiger partial charge < -0.3 is 19.4 Å². The van der Waals surface area contributed by atoms with Crippen molar-refractivity contribution in [3.8, 4) is 0 Å². The van der Waals surface area contributed by atoms with Gasteiger partial charge in [-0.05, 0) is 173 Å². The van der Waals surface area contributed by atoms with Gasteiger partial charge in [0.05, 0.1) is 6.61 Å². The molecule has 0 aromatic heterocycles. The van der Waals surface area contributed by atoms with Crippen LogP contribution in [-0.4, -0.2) is 54.7 Å². The van der Waals surface area contributed by atoms with Crippen molar-refractivity contribution in [3.63, 3.8) is 0 Å². The number of aldehydes is 2. The normalized spacial score (nSPS) is 44.8. The minimum Gasteiger partial charge on any atom is -0.467 e. The molecular weight excluding hydrogens is 717 g/mol. The van der Waals surface area contributed by atoms with Gasteiger partial charge in [-0.1, -0.05) is 65.7 Å². The largest absolute Gasteiger partial charge is 0.467 e. The Hall–Kier alpha value is -3.00. The van der Waals surface area contributed by atoms with Crippen molar-refractivity contribution in [2.24, 2.45) is 54.1 Å². The molecule has 57 heavy (non-hydrogen) atoms. The number of hydrogen-bond acceptors (Lipinski definition) is 8. The van der Waals surface area contributed by atoms with Gasteiger partial charge in [-0.15, -0.1) is 0 Å². The molecular formula is C49H72O8. The number of ether oxygens (including phenoxy) is 1. The number of aliphatic hydroxyl groups is 1. The van der Waals surface area contributed by atoms with Gasteiger partial charge in [-0.3, -0.25) is 19.2 Å². The van der Waals surface area contributed by atoms with Crippen LogP contribution in [0.3, 0.4) is 0 Å². The van der Waals surface area contributed by atoms with Gasteiger partial charge in [0.25, 0.3) is 6.47 Å². The SMILES string of the molecule is C.CC(=O)/C=C/C12CC(C=O)(C1)C2.CC(=O)/C=C/C12CC(CO)(C1)C2.CCC12CC(/C=C/C(C)=O)(C1)C2.CCC12CC(C=O)(C1)C2.CCC12CC(COC=O)(C1)C2. The molecule has 0 aromatic carbocycles. The second kappa shape index (κ2) is 15.6. The van der Waals surface area contributed by atoms with Crippen LogP contribution < -0.4 is 0 Å². The lowest BCUT2D eigenvalue weighted by atomic mass is 9.34. The van der Waals surface area contributed by atoms with Crippen molar-refractivity contribution in [1.82, 2.24) is 0 Å². The first-order valence-electron chi connectivity index (χ1n) is 21.5. The Morgan fingerprint density at radius 3 is 1.07 bits per heavy atom. The maximum absolute atomic E-state index is 10.7. The zero-order valence-electron chi connectivity index (χ0n) is 35.1. The second-order valence-corrected chi connectivity index (χ2v) is 21.7. The van der Waals surface area contributed by atoms with E-state index in [0.29, 0.717) is 52.2 Å². The van der Waals surface area contributed by atoms with Crippen molar-refractivity contribution >= 4 is 36.4 Å². The van der Waals surface area contributed by atoms with Crippen molar-refractivity contribution in [1.29, 1.82) is 0 Å². The van der Waals surface area contributed by atoms with Gasteiger partial charge in [0.1, 0.15) is 12.6 Å². The fourth-order valence-corrected chi connectivity index (χ4v) is 13.8. The highest BCUT2D eigenvalue weighted by Crippen LogP contribution is 2.77. The third-order valence-corrected chi connectivity index (χ3v) is 16.5. The molecule has 1 N–H and O–H groups in total. The molecule has 0 heterocycles. The van der Waals surface area contributed by atoms with Crippen LogP contribution in [0.5, 0.6) is 0 Å². The maximum Gasteiger partial charge on any atom is 0.293 e. The molecule has 8 nitrogen and oxygen atoms in total.